The van der Waals surface area contributed by atoms with Gasteiger partial charge in [-0.15, -0.1) is 0 Å². The number of amides is 2. The first-order valence-corrected chi connectivity index (χ1v) is 12.0. The van der Waals surface area contributed by atoms with E-state index in [1.54, 1.807) is 36.7 Å². The summed E-state index contributed by atoms with van der Waals surface area (Å²) < 4.78 is 50.2. The van der Waals surface area contributed by atoms with Gasteiger partial charge in [-0.2, -0.15) is 0 Å². The van der Waals surface area contributed by atoms with E-state index in [2.05, 4.69) is 4.98 Å². The van der Waals surface area contributed by atoms with Crippen LogP contribution in [0.1, 0.15) is 35.3 Å². The number of ether oxygens (including phenoxy) is 1. The second-order valence-corrected chi connectivity index (χ2v) is 9.43. The number of aryl methyl sites for hydroxylation is 1. The summed E-state index contributed by atoms with van der Waals surface area (Å²) in [5.74, 6) is -4.10. The molecule has 1 unspecified atom stereocenters. The van der Waals surface area contributed by atoms with Gasteiger partial charge in [0.1, 0.15) is 11.6 Å². The molecule has 1 aromatic heterocycles. The van der Waals surface area contributed by atoms with Crippen molar-refractivity contribution in [2.75, 3.05) is 11.5 Å². The van der Waals surface area contributed by atoms with Crippen molar-refractivity contribution in [2.24, 2.45) is 7.05 Å². The van der Waals surface area contributed by atoms with Gasteiger partial charge in [-0.25, -0.2) is 23.1 Å². The van der Waals surface area contributed by atoms with Crippen molar-refractivity contribution in [2.45, 2.75) is 25.7 Å². The van der Waals surface area contributed by atoms with Gasteiger partial charge in [0.25, 0.3) is 5.91 Å². The average molecular weight is 520 g/mol. The van der Waals surface area contributed by atoms with Crippen molar-refractivity contribution in [1.82, 2.24) is 9.55 Å². The van der Waals surface area contributed by atoms with Gasteiger partial charge in [0.05, 0.1) is 18.3 Å². The molecule has 2 amide bonds. The molecule has 0 saturated heterocycles. The van der Waals surface area contributed by atoms with E-state index in [1.807, 2.05) is 31.2 Å². The van der Waals surface area contributed by atoms with E-state index in [-0.39, 0.29) is 16.9 Å². The van der Waals surface area contributed by atoms with Crippen LogP contribution >= 0.6 is 0 Å². The number of nitrogens with zero attached hydrogens (tertiary/aromatic N) is 3. The Bertz CT molecular complexity index is 1580. The van der Waals surface area contributed by atoms with E-state index >= 15 is 0 Å². The van der Waals surface area contributed by atoms with Gasteiger partial charge in [0.15, 0.2) is 17.5 Å². The number of anilines is 1. The molecule has 1 atom stereocenters. The van der Waals surface area contributed by atoms with Gasteiger partial charge in [0, 0.05) is 24.9 Å². The van der Waals surface area contributed by atoms with E-state index in [1.165, 1.54) is 12.5 Å². The Morgan fingerprint density at radius 3 is 2.47 bits per heavy atom. The maximum Gasteiger partial charge on any atom is 0.266 e. The summed E-state index contributed by atoms with van der Waals surface area (Å²) in [4.78, 5) is 32.7. The van der Waals surface area contributed by atoms with Crippen molar-refractivity contribution in [3.63, 3.8) is 0 Å². The second kappa shape index (κ2) is 9.48. The predicted octanol–water partition coefficient (Wildman–Crippen LogP) is 5.59. The fourth-order valence-corrected chi connectivity index (χ4v) is 4.89. The molecule has 38 heavy (non-hydrogen) atoms. The second-order valence-electron chi connectivity index (χ2n) is 9.43. The largest absolute Gasteiger partial charge is 0.494 e. The van der Waals surface area contributed by atoms with Gasteiger partial charge < -0.3 is 9.30 Å². The molecule has 4 aromatic rings. The number of carbonyl (C=O) groups is 2. The van der Waals surface area contributed by atoms with Crippen molar-refractivity contribution in [3.05, 3.63) is 101 Å². The number of aromatic nitrogens is 2. The summed E-state index contributed by atoms with van der Waals surface area (Å²) in [6.45, 7) is 3.89. The Morgan fingerprint density at radius 1 is 1.00 bits per heavy atom. The molecular weight excluding hydrogens is 495 g/mol. The van der Waals surface area contributed by atoms with Crippen LogP contribution in [-0.4, -0.2) is 28.0 Å². The van der Waals surface area contributed by atoms with Crippen LogP contribution in [0.3, 0.4) is 0 Å². The number of hydrogen-bond acceptors (Lipinski definition) is 4. The number of carbonyl (C=O) groups excluding carboxylic acids is 2. The molecule has 194 valence electrons. The number of imidazole rings is 1. The molecule has 3 aromatic carbocycles. The Labute approximate surface area is 217 Å². The van der Waals surface area contributed by atoms with E-state index in [4.69, 9.17) is 4.74 Å². The third kappa shape index (κ3) is 4.23. The number of rotatable bonds is 6. The molecular formula is C29H24F3N3O3. The zero-order valence-electron chi connectivity index (χ0n) is 21.0. The van der Waals surface area contributed by atoms with Crippen molar-refractivity contribution < 1.29 is 27.5 Å². The van der Waals surface area contributed by atoms with Crippen LogP contribution < -0.4 is 9.64 Å². The van der Waals surface area contributed by atoms with Gasteiger partial charge in [0.2, 0.25) is 5.91 Å². The van der Waals surface area contributed by atoms with Crippen LogP contribution in [0.5, 0.6) is 5.75 Å². The van der Waals surface area contributed by atoms with Crippen LogP contribution in [0, 0.1) is 17.5 Å². The highest BCUT2D eigenvalue weighted by Crippen LogP contribution is 2.41. The van der Waals surface area contributed by atoms with Crippen LogP contribution in [-0.2, 0) is 23.7 Å². The molecule has 0 saturated carbocycles. The highest BCUT2D eigenvalue weighted by Gasteiger charge is 2.49. The fourth-order valence-electron chi connectivity index (χ4n) is 4.89. The molecule has 5 rings (SSSR count). The standard InChI is InChI=1S/C29H24F3N3O3/c1-4-38-21-7-5-6-17(11-21)18-8-9-22-23(12-18)29(2,14-19-10-20(30)13-24(31)26(19)32)28(37)35(27(22)36)25-15-34(3)16-33-25/h5-13,15-16H,4,14H2,1-3H3. The van der Waals surface area contributed by atoms with Crippen LogP contribution in [0.4, 0.5) is 19.0 Å². The highest BCUT2D eigenvalue weighted by molar-refractivity contribution is 6.27. The predicted molar refractivity (Wildman–Crippen MR) is 135 cm³/mol. The lowest BCUT2D eigenvalue weighted by molar-refractivity contribution is -0.123. The normalized spacial score (nSPS) is 17.1. The maximum absolute atomic E-state index is 14.8. The molecule has 0 aliphatic carbocycles. The summed E-state index contributed by atoms with van der Waals surface area (Å²) in [5.41, 5.74) is 0.117. The van der Waals surface area contributed by atoms with Gasteiger partial charge >= 0.3 is 0 Å². The summed E-state index contributed by atoms with van der Waals surface area (Å²) in [5, 5.41) is 0. The van der Waals surface area contributed by atoms with Crippen LogP contribution in [0.2, 0.25) is 0 Å². The summed E-state index contributed by atoms with van der Waals surface area (Å²) in [6, 6.07) is 13.7. The summed E-state index contributed by atoms with van der Waals surface area (Å²) in [7, 11) is 1.69. The zero-order valence-corrected chi connectivity index (χ0v) is 21.0. The molecule has 0 spiro atoms. The van der Waals surface area contributed by atoms with Gasteiger partial charge in [-0.1, -0.05) is 18.2 Å². The van der Waals surface area contributed by atoms with E-state index in [9.17, 15) is 22.8 Å². The zero-order chi connectivity index (χ0) is 27.2. The lowest BCUT2D eigenvalue weighted by Gasteiger charge is -2.39. The molecule has 6 nitrogen and oxygen atoms in total. The highest BCUT2D eigenvalue weighted by atomic mass is 19.2. The lowest BCUT2D eigenvalue weighted by Crippen LogP contribution is -2.54. The Balaban J connectivity index is 1.70. The molecule has 0 bridgehead atoms. The van der Waals surface area contributed by atoms with E-state index < -0.39 is 41.1 Å². The van der Waals surface area contributed by atoms with Crippen molar-refractivity contribution in [3.8, 4) is 16.9 Å². The molecule has 2 heterocycles. The SMILES string of the molecule is CCOc1cccc(-c2ccc3c(c2)C(C)(Cc2cc(F)cc(F)c2F)C(=O)N(c2cn(C)cn2)C3=O)c1. The minimum Gasteiger partial charge on any atom is -0.494 e. The van der Waals surface area contributed by atoms with Crippen LogP contribution in [0.25, 0.3) is 11.1 Å². The van der Waals surface area contributed by atoms with Crippen molar-refractivity contribution >= 4 is 17.6 Å². The summed E-state index contributed by atoms with van der Waals surface area (Å²) >= 11 is 0. The monoisotopic (exact) mass is 519 g/mol. The van der Waals surface area contributed by atoms with Gasteiger partial charge in [-0.3, -0.25) is 9.59 Å². The number of imide groups is 1. The fraction of sp³-hybridized carbons (Fsp3) is 0.207. The smallest absolute Gasteiger partial charge is 0.266 e. The topological polar surface area (TPSA) is 64.4 Å². The minimum atomic E-state index is -1.56. The lowest BCUT2D eigenvalue weighted by atomic mass is 9.71. The van der Waals surface area contributed by atoms with E-state index in [0.717, 1.165) is 16.5 Å². The minimum absolute atomic E-state index is 0.0961. The van der Waals surface area contributed by atoms with E-state index in [0.29, 0.717) is 29.5 Å². The van der Waals surface area contributed by atoms with Gasteiger partial charge in [-0.05, 0) is 72.9 Å². The first-order valence-electron chi connectivity index (χ1n) is 12.0. The first kappa shape index (κ1) is 25.3. The molecule has 0 N–H and O–H groups in total. The Hall–Kier alpha value is -4.40. The number of fused-ring (bicyclic) bond motifs is 1. The van der Waals surface area contributed by atoms with Crippen molar-refractivity contribution in [1.29, 1.82) is 0 Å². The number of hydrogen-bond donors (Lipinski definition) is 0. The Morgan fingerprint density at radius 2 is 1.76 bits per heavy atom. The molecule has 0 radical (unpaired) electrons. The summed E-state index contributed by atoms with van der Waals surface area (Å²) in [6.07, 6.45) is 2.56. The molecule has 9 heteroatoms. The maximum atomic E-state index is 14.8. The number of halogens is 3. The molecule has 0 fully saturated rings. The quantitative estimate of drug-likeness (QED) is 0.246. The average Bonchev–Trinajstić information content (AvgIpc) is 3.31. The third-order valence-electron chi connectivity index (χ3n) is 6.73. The number of benzene rings is 3. The third-order valence-corrected chi connectivity index (χ3v) is 6.73. The first-order chi connectivity index (χ1) is 18.1. The molecule has 1 aliphatic rings. The molecule has 1 aliphatic heterocycles. The Kier molecular flexibility index (Phi) is 6.30. The van der Waals surface area contributed by atoms with Crippen LogP contribution in [0.15, 0.2) is 67.1 Å².